The van der Waals surface area contributed by atoms with Gasteiger partial charge in [-0.25, -0.2) is 4.98 Å². The highest BCUT2D eigenvalue weighted by atomic mass is 35.5. The Hall–Kier alpha value is -2.01. The van der Waals surface area contributed by atoms with Crippen molar-refractivity contribution >= 4 is 23.1 Å². The van der Waals surface area contributed by atoms with E-state index < -0.39 is 0 Å². The van der Waals surface area contributed by atoms with Crippen LogP contribution < -0.4 is 15.4 Å². The lowest BCUT2D eigenvalue weighted by Gasteiger charge is -2.24. The van der Waals surface area contributed by atoms with Crippen molar-refractivity contribution in [2.45, 2.75) is 19.9 Å². The number of nitrogens with zero attached hydrogens (tertiary/aromatic N) is 3. The number of rotatable bonds is 6. The molecule has 0 bridgehead atoms. The van der Waals surface area contributed by atoms with Crippen molar-refractivity contribution in [3.63, 3.8) is 0 Å². The minimum absolute atomic E-state index is 0.302. The first-order valence-electron chi connectivity index (χ1n) is 6.80. The Kier molecular flexibility index (Phi) is 5.22. The number of nitrogens with two attached hydrogens (primary N) is 1. The number of nitrogen functional groups attached to an aromatic ring is 1. The van der Waals surface area contributed by atoms with Crippen molar-refractivity contribution in [1.82, 2.24) is 9.97 Å². The van der Waals surface area contributed by atoms with E-state index in [9.17, 15) is 0 Å². The molecule has 2 aromatic rings. The number of hydrogen-bond acceptors (Lipinski definition) is 5. The van der Waals surface area contributed by atoms with Gasteiger partial charge in [0.1, 0.15) is 5.02 Å². The molecule has 0 fully saturated rings. The van der Waals surface area contributed by atoms with Gasteiger partial charge >= 0.3 is 6.01 Å². The first-order valence-corrected chi connectivity index (χ1v) is 7.18. The van der Waals surface area contributed by atoms with Crippen LogP contribution >= 0.6 is 11.6 Å². The van der Waals surface area contributed by atoms with Crippen molar-refractivity contribution < 1.29 is 4.74 Å². The zero-order valence-corrected chi connectivity index (χ0v) is 13.0. The molecule has 0 aliphatic rings. The summed E-state index contributed by atoms with van der Waals surface area (Å²) in [6.45, 7) is 3.56. The van der Waals surface area contributed by atoms with E-state index in [1.54, 1.807) is 6.20 Å². The summed E-state index contributed by atoms with van der Waals surface area (Å²) in [5.74, 6) is 0.661. The van der Waals surface area contributed by atoms with E-state index in [4.69, 9.17) is 22.1 Å². The van der Waals surface area contributed by atoms with E-state index in [0.29, 0.717) is 23.4 Å². The molecule has 0 radical (unpaired) electrons. The zero-order chi connectivity index (χ0) is 15.2. The predicted octanol–water partition coefficient (Wildman–Crippen LogP) is 3.14. The molecule has 21 heavy (non-hydrogen) atoms. The van der Waals surface area contributed by atoms with Crippen LogP contribution in [-0.2, 0) is 6.54 Å². The van der Waals surface area contributed by atoms with Crippen LogP contribution in [-0.4, -0.2) is 23.6 Å². The topological polar surface area (TPSA) is 64.3 Å². The third-order valence-electron chi connectivity index (χ3n) is 3.10. The predicted molar refractivity (Wildman–Crippen MR) is 85.8 cm³/mol. The van der Waals surface area contributed by atoms with Gasteiger partial charge in [0, 0.05) is 18.8 Å². The SMILES string of the molecule is CCCN(Cc1ccccc1N)c1nc(OC)ncc1Cl. The van der Waals surface area contributed by atoms with Gasteiger partial charge < -0.3 is 15.4 Å². The van der Waals surface area contributed by atoms with Gasteiger partial charge in [0.15, 0.2) is 5.82 Å². The lowest BCUT2D eigenvalue weighted by molar-refractivity contribution is 0.379. The normalized spacial score (nSPS) is 10.4. The average molecular weight is 307 g/mol. The molecule has 5 nitrogen and oxygen atoms in total. The Bertz CT molecular complexity index is 606. The molecule has 1 aromatic carbocycles. The van der Waals surface area contributed by atoms with Gasteiger partial charge in [0.05, 0.1) is 13.3 Å². The number of aromatic nitrogens is 2. The van der Waals surface area contributed by atoms with E-state index in [2.05, 4.69) is 21.8 Å². The maximum absolute atomic E-state index is 6.24. The summed E-state index contributed by atoms with van der Waals surface area (Å²) < 4.78 is 5.08. The standard InChI is InChI=1S/C15H19ClN4O/c1-3-8-20(10-11-6-4-5-7-13(11)17)14-12(16)9-18-15(19-14)21-2/h4-7,9H,3,8,10,17H2,1-2H3. The van der Waals surface area contributed by atoms with Gasteiger partial charge in [-0.1, -0.05) is 36.7 Å². The minimum atomic E-state index is 0.302. The molecular formula is C15H19ClN4O. The molecule has 1 aromatic heterocycles. The first-order chi connectivity index (χ1) is 10.2. The number of methoxy groups -OCH3 is 1. The molecule has 2 rings (SSSR count). The highest BCUT2D eigenvalue weighted by molar-refractivity contribution is 6.32. The van der Waals surface area contributed by atoms with E-state index >= 15 is 0 Å². The fourth-order valence-electron chi connectivity index (χ4n) is 2.08. The maximum Gasteiger partial charge on any atom is 0.318 e. The fourth-order valence-corrected chi connectivity index (χ4v) is 2.29. The molecule has 0 aliphatic heterocycles. The molecule has 2 N–H and O–H groups in total. The second-order valence-electron chi connectivity index (χ2n) is 4.65. The summed E-state index contributed by atoms with van der Waals surface area (Å²) in [7, 11) is 1.53. The monoisotopic (exact) mass is 306 g/mol. The smallest absolute Gasteiger partial charge is 0.318 e. The Morgan fingerprint density at radius 3 is 2.76 bits per heavy atom. The molecule has 1 heterocycles. The van der Waals surface area contributed by atoms with Crippen LogP contribution in [0.5, 0.6) is 6.01 Å². The van der Waals surface area contributed by atoms with E-state index in [-0.39, 0.29) is 0 Å². The van der Waals surface area contributed by atoms with Crippen LogP contribution in [0.1, 0.15) is 18.9 Å². The molecule has 112 valence electrons. The number of para-hydroxylation sites is 1. The molecule has 0 amide bonds. The van der Waals surface area contributed by atoms with E-state index in [1.165, 1.54) is 7.11 Å². The summed E-state index contributed by atoms with van der Waals surface area (Å²) in [6, 6.07) is 8.09. The summed E-state index contributed by atoms with van der Waals surface area (Å²) in [5, 5.41) is 0.499. The summed E-state index contributed by atoms with van der Waals surface area (Å²) in [5.41, 5.74) is 7.82. The Labute approximate surface area is 129 Å². The van der Waals surface area contributed by atoms with E-state index in [0.717, 1.165) is 24.2 Å². The van der Waals surface area contributed by atoms with Crippen LogP contribution in [0.15, 0.2) is 30.5 Å². The van der Waals surface area contributed by atoms with Gasteiger partial charge in [0.2, 0.25) is 0 Å². The van der Waals surface area contributed by atoms with Gasteiger partial charge in [0.25, 0.3) is 0 Å². The van der Waals surface area contributed by atoms with Crippen molar-refractivity contribution in [3.05, 3.63) is 41.0 Å². The minimum Gasteiger partial charge on any atom is -0.467 e. The van der Waals surface area contributed by atoms with Crippen LogP contribution in [0.4, 0.5) is 11.5 Å². The molecule has 0 saturated heterocycles. The van der Waals surface area contributed by atoms with Gasteiger partial charge in [-0.05, 0) is 18.1 Å². The van der Waals surface area contributed by atoms with Gasteiger partial charge in [-0.3, -0.25) is 0 Å². The van der Waals surface area contributed by atoms with Gasteiger partial charge in [-0.2, -0.15) is 4.98 Å². The molecule has 6 heteroatoms. The third-order valence-corrected chi connectivity index (χ3v) is 3.36. The molecule has 0 spiro atoms. The number of halogens is 1. The first kappa shape index (κ1) is 15.4. The van der Waals surface area contributed by atoms with Crippen molar-refractivity contribution in [3.8, 4) is 6.01 Å². The Morgan fingerprint density at radius 2 is 2.10 bits per heavy atom. The lowest BCUT2D eigenvalue weighted by atomic mass is 10.1. The molecular weight excluding hydrogens is 288 g/mol. The molecule has 0 aliphatic carbocycles. The molecule has 0 saturated carbocycles. The quantitative estimate of drug-likeness (QED) is 0.831. The van der Waals surface area contributed by atoms with E-state index in [1.807, 2.05) is 24.3 Å². The lowest BCUT2D eigenvalue weighted by Crippen LogP contribution is -2.25. The van der Waals surface area contributed by atoms with Crippen molar-refractivity contribution in [2.75, 3.05) is 24.3 Å². The van der Waals surface area contributed by atoms with Crippen LogP contribution in [0.3, 0.4) is 0 Å². The highest BCUT2D eigenvalue weighted by Crippen LogP contribution is 2.27. The second-order valence-corrected chi connectivity index (χ2v) is 5.06. The van der Waals surface area contributed by atoms with Crippen LogP contribution in [0.2, 0.25) is 5.02 Å². The average Bonchev–Trinajstić information content (AvgIpc) is 2.49. The molecule has 0 atom stereocenters. The zero-order valence-electron chi connectivity index (χ0n) is 12.2. The van der Waals surface area contributed by atoms with Crippen molar-refractivity contribution in [2.24, 2.45) is 0 Å². The number of anilines is 2. The number of hydrogen-bond donors (Lipinski definition) is 1. The van der Waals surface area contributed by atoms with Crippen LogP contribution in [0.25, 0.3) is 0 Å². The molecule has 0 unspecified atom stereocenters. The fraction of sp³-hybridized carbons (Fsp3) is 0.333. The summed E-state index contributed by atoms with van der Waals surface area (Å²) in [4.78, 5) is 10.4. The highest BCUT2D eigenvalue weighted by Gasteiger charge is 2.15. The largest absolute Gasteiger partial charge is 0.467 e. The maximum atomic E-state index is 6.24. The van der Waals surface area contributed by atoms with Gasteiger partial charge in [-0.15, -0.1) is 0 Å². The Morgan fingerprint density at radius 1 is 1.33 bits per heavy atom. The Balaban J connectivity index is 2.33. The third kappa shape index (κ3) is 3.76. The number of benzene rings is 1. The van der Waals surface area contributed by atoms with Crippen LogP contribution in [0, 0.1) is 0 Å². The van der Waals surface area contributed by atoms with Crippen molar-refractivity contribution in [1.29, 1.82) is 0 Å². The second kappa shape index (κ2) is 7.13. The summed E-state index contributed by atoms with van der Waals surface area (Å²) >= 11 is 6.24. The number of ether oxygens (including phenoxy) is 1. The summed E-state index contributed by atoms with van der Waals surface area (Å²) in [6.07, 6.45) is 2.52.